The van der Waals surface area contributed by atoms with Crippen molar-refractivity contribution in [2.45, 2.75) is 51.9 Å². The standard InChI is InChI=1S/C21H26N4OS/c1-2-18-11-6-7-13-23(18)16-25-21(27)24(15-17-9-4-3-5-10-17)20(22-25)19-12-8-14-26-19/h3-5,8-10,12,14,18H,2,6-7,11,13,15-16H2,1H3/t18-/m0/s1. The van der Waals surface area contributed by atoms with Gasteiger partial charge in [-0.15, -0.1) is 5.10 Å². The third kappa shape index (κ3) is 3.92. The normalized spacial score (nSPS) is 18.0. The van der Waals surface area contributed by atoms with Gasteiger partial charge < -0.3 is 4.42 Å². The van der Waals surface area contributed by atoms with Crippen LogP contribution in [0.25, 0.3) is 11.6 Å². The topological polar surface area (TPSA) is 39.1 Å². The summed E-state index contributed by atoms with van der Waals surface area (Å²) in [6, 6.07) is 14.8. The molecule has 0 amide bonds. The third-order valence-corrected chi connectivity index (χ3v) is 5.81. The molecule has 1 fully saturated rings. The van der Waals surface area contributed by atoms with Crippen molar-refractivity contribution in [2.75, 3.05) is 6.54 Å². The van der Waals surface area contributed by atoms with Gasteiger partial charge in [0, 0.05) is 12.6 Å². The Balaban J connectivity index is 1.68. The Hall–Kier alpha value is -2.18. The fraction of sp³-hybridized carbons (Fsp3) is 0.429. The van der Waals surface area contributed by atoms with E-state index >= 15 is 0 Å². The van der Waals surface area contributed by atoms with Gasteiger partial charge in [0.2, 0.25) is 0 Å². The first-order chi connectivity index (χ1) is 13.3. The average molecular weight is 383 g/mol. The van der Waals surface area contributed by atoms with Crippen LogP contribution in [0.15, 0.2) is 53.1 Å². The summed E-state index contributed by atoms with van der Waals surface area (Å²) < 4.78 is 10.4. The number of hydrogen-bond donors (Lipinski definition) is 0. The predicted octanol–water partition coefficient (Wildman–Crippen LogP) is 4.94. The van der Waals surface area contributed by atoms with Crippen LogP contribution in [0.2, 0.25) is 0 Å². The molecule has 6 heteroatoms. The van der Waals surface area contributed by atoms with Gasteiger partial charge in [-0.05, 0) is 49.2 Å². The van der Waals surface area contributed by atoms with Crippen LogP contribution in [0, 0.1) is 4.77 Å². The molecule has 0 saturated carbocycles. The number of hydrogen-bond acceptors (Lipinski definition) is 4. The highest BCUT2D eigenvalue weighted by molar-refractivity contribution is 7.71. The number of rotatable bonds is 6. The summed E-state index contributed by atoms with van der Waals surface area (Å²) >= 11 is 5.82. The monoisotopic (exact) mass is 382 g/mol. The maximum atomic E-state index is 5.82. The van der Waals surface area contributed by atoms with Crippen molar-refractivity contribution >= 4 is 12.2 Å². The Labute approximate surface area is 165 Å². The second-order valence-electron chi connectivity index (χ2n) is 7.17. The first-order valence-electron chi connectivity index (χ1n) is 9.75. The van der Waals surface area contributed by atoms with Crippen LogP contribution >= 0.6 is 12.2 Å². The highest BCUT2D eigenvalue weighted by Crippen LogP contribution is 2.23. The lowest BCUT2D eigenvalue weighted by Crippen LogP contribution is -2.40. The molecule has 0 radical (unpaired) electrons. The minimum atomic E-state index is 0.618. The zero-order chi connectivity index (χ0) is 18.6. The molecule has 3 heterocycles. The summed E-state index contributed by atoms with van der Waals surface area (Å²) in [6.45, 7) is 4.81. The first kappa shape index (κ1) is 18.2. The summed E-state index contributed by atoms with van der Waals surface area (Å²) in [4.78, 5) is 2.52. The van der Waals surface area contributed by atoms with Crippen LogP contribution in [-0.4, -0.2) is 31.8 Å². The van der Waals surface area contributed by atoms with Gasteiger partial charge in [0.1, 0.15) is 0 Å². The largest absolute Gasteiger partial charge is 0.461 e. The fourth-order valence-corrected chi connectivity index (χ4v) is 4.16. The zero-order valence-electron chi connectivity index (χ0n) is 15.8. The summed E-state index contributed by atoms with van der Waals surface area (Å²) in [7, 11) is 0. The second-order valence-corrected chi connectivity index (χ2v) is 7.53. The maximum absolute atomic E-state index is 5.82. The highest BCUT2D eigenvalue weighted by Gasteiger charge is 2.23. The third-order valence-electron chi connectivity index (χ3n) is 5.38. The Morgan fingerprint density at radius 3 is 2.74 bits per heavy atom. The second kappa shape index (κ2) is 8.23. The molecule has 0 N–H and O–H groups in total. The molecule has 1 aromatic carbocycles. The van der Waals surface area contributed by atoms with Crippen molar-refractivity contribution in [3.8, 4) is 11.6 Å². The van der Waals surface area contributed by atoms with E-state index in [1.165, 1.54) is 31.2 Å². The van der Waals surface area contributed by atoms with Crippen LogP contribution in [0.4, 0.5) is 0 Å². The van der Waals surface area contributed by atoms with Crippen LogP contribution < -0.4 is 0 Å². The molecule has 3 aromatic rings. The van der Waals surface area contributed by atoms with Crippen molar-refractivity contribution in [2.24, 2.45) is 0 Å². The average Bonchev–Trinajstić information content (AvgIpc) is 3.33. The van der Waals surface area contributed by atoms with Gasteiger partial charge in [0.25, 0.3) is 0 Å². The predicted molar refractivity (Wildman–Crippen MR) is 109 cm³/mol. The van der Waals surface area contributed by atoms with Gasteiger partial charge >= 0.3 is 0 Å². The molecule has 0 unspecified atom stereocenters. The van der Waals surface area contributed by atoms with E-state index in [2.05, 4.69) is 40.7 Å². The number of aromatic nitrogens is 3. The van der Waals surface area contributed by atoms with Crippen molar-refractivity contribution in [3.05, 3.63) is 59.1 Å². The smallest absolute Gasteiger partial charge is 0.199 e. The molecule has 1 aliphatic heterocycles. The van der Waals surface area contributed by atoms with Gasteiger partial charge in [0.05, 0.1) is 19.5 Å². The summed E-state index contributed by atoms with van der Waals surface area (Å²) in [6.07, 6.45) is 6.69. The molecule has 27 heavy (non-hydrogen) atoms. The van der Waals surface area contributed by atoms with Crippen molar-refractivity contribution in [3.63, 3.8) is 0 Å². The van der Waals surface area contributed by atoms with Crippen LogP contribution in [0.3, 0.4) is 0 Å². The van der Waals surface area contributed by atoms with Crippen LogP contribution in [-0.2, 0) is 13.2 Å². The number of benzene rings is 1. The van der Waals surface area contributed by atoms with Crippen molar-refractivity contribution in [1.82, 2.24) is 19.2 Å². The van der Waals surface area contributed by atoms with E-state index in [1.807, 2.05) is 22.9 Å². The minimum Gasteiger partial charge on any atom is -0.461 e. The van der Waals surface area contributed by atoms with Gasteiger partial charge in [-0.2, -0.15) is 0 Å². The summed E-state index contributed by atoms with van der Waals surface area (Å²) in [5.74, 6) is 1.54. The van der Waals surface area contributed by atoms with Gasteiger partial charge in [-0.1, -0.05) is 43.7 Å². The summed E-state index contributed by atoms with van der Waals surface area (Å²) in [5.41, 5.74) is 1.20. The van der Waals surface area contributed by atoms with E-state index < -0.39 is 0 Å². The van der Waals surface area contributed by atoms with Crippen LogP contribution in [0.5, 0.6) is 0 Å². The lowest BCUT2D eigenvalue weighted by molar-refractivity contribution is 0.100. The fourth-order valence-electron chi connectivity index (χ4n) is 3.91. The van der Waals surface area contributed by atoms with E-state index in [4.69, 9.17) is 21.7 Å². The Morgan fingerprint density at radius 1 is 1.15 bits per heavy atom. The number of likely N-dealkylation sites (tertiary alicyclic amines) is 1. The Morgan fingerprint density at radius 2 is 2.00 bits per heavy atom. The Kier molecular flexibility index (Phi) is 5.55. The van der Waals surface area contributed by atoms with Crippen LogP contribution in [0.1, 0.15) is 38.2 Å². The molecule has 0 aliphatic carbocycles. The van der Waals surface area contributed by atoms with E-state index in [-0.39, 0.29) is 0 Å². The molecule has 0 bridgehead atoms. The van der Waals surface area contributed by atoms with Gasteiger partial charge in [-0.3, -0.25) is 9.47 Å². The molecule has 2 aromatic heterocycles. The van der Waals surface area contributed by atoms with E-state index in [0.717, 1.165) is 29.6 Å². The van der Waals surface area contributed by atoms with E-state index in [1.54, 1.807) is 6.26 Å². The molecule has 5 nitrogen and oxygen atoms in total. The molecule has 142 valence electrons. The molecular weight excluding hydrogens is 356 g/mol. The summed E-state index contributed by atoms with van der Waals surface area (Å²) in [5, 5.41) is 4.85. The number of piperidine rings is 1. The quantitative estimate of drug-likeness (QED) is 0.566. The van der Waals surface area contributed by atoms with Crippen molar-refractivity contribution in [1.29, 1.82) is 0 Å². The van der Waals surface area contributed by atoms with E-state index in [0.29, 0.717) is 12.6 Å². The lowest BCUT2D eigenvalue weighted by Gasteiger charge is -2.34. The maximum Gasteiger partial charge on any atom is 0.199 e. The SMILES string of the molecule is CC[C@H]1CCCCN1Cn1nc(-c2ccco2)n(Cc2ccccc2)c1=S. The molecule has 0 spiro atoms. The van der Waals surface area contributed by atoms with Gasteiger partial charge in [-0.25, -0.2) is 4.68 Å². The first-order valence-corrected chi connectivity index (χ1v) is 10.2. The molecule has 1 aliphatic rings. The molecule has 1 saturated heterocycles. The zero-order valence-corrected chi connectivity index (χ0v) is 16.6. The molecule has 4 rings (SSSR count). The lowest BCUT2D eigenvalue weighted by atomic mass is 10.0. The Bertz CT molecular complexity index is 914. The minimum absolute atomic E-state index is 0.618. The van der Waals surface area contributed by atoms with Gasteiger partial charge in [0.15, 0.2) is 16.4 Å². The highest BCUT2D eigenvalue weighted by atomic mass is 32.1. The molecular formula is C21H26N4OS. The van der Waals surface area contributed by atoms with E-state index in [9.17, 15) is 0 Å². The van der Waals surface area contributed by atoms with Crippen molar-refractivity contribution < 1.29 is 4.42 Å². The number of furan rings is 1. The number of nitrogens with zero attached hydrogens (tertiary/aromatic N) is 4. The molecule has 1 atom stereocenters.